The molecule has 0 saturated heterocycles. The van der Waals surface area contributed by atoms with Gasteiger partial charge >= 0.3 is 0 Å². The number of furan rings is 1. The molecule has 0 spiro atoms. The molecule has 0 aliphatic rings. The average molecular weight is 336 g/mol. The first-order valence-corrected chi connectivity index (χ1v) is 7.76. The molecule has 1 aromatic carbocycles. The molecule has 2 N–H and O–H groups in total. The molecule has 0 unspecified atom stereocenters. The fourth-order valence-electron chi connectivity index (χ4n) is 2.20. The number of anilines is 1. The van der Waals surface area contributed by atoms with Gasteiger partial charge in [-0.15, -0.1) is 0 Å². The first-order valence-electron chi connectivity index (χ1n) is 7.76. The van der Waals surface area contributed by atoms with E-state index in [0.29, 0.717) is 22.9 Å². The van der Waals surface area contributed by atoms with E-state index in [1.165, 1.54) is 0 Å². The van der Waals surface area contributed by atoms with Crippen molar-refractivity contribution in [2.24, 2.45) is 0 Å². The third-order valence-electron chi connectivity index (χ3n) is 3.52. The molecule has 0 fully saturated rings. The van der Waals surface area contributed by atoms with E-state index in [9.17, 15) is 4.79 Å². The number of aromatic nitrogens is 2. The number of para-hydroxylation sites is 1. The summed E-state index contributed by atoms with van der Waals surface area (Å²) in [6, 6.07) is 14.0. The average Bonchev–Trinajstić information content (AvgIpc) is 3.29. The highest BCUT2D eigenvalue weighted by Crippen LogP contribution is 2.19. The Kier molecular flexibility index (Phi) is 4.81. The Morgan fingerprint density at radius 2 is 2.20 bits per heavy atom. The van der Waals surface area contributed by atoms with Gasteiger partial charge in [-0.25, -0.2) is 0 Å². The minimum atomic E-state index is -0.391. The lowest BCUT2D eigenvalue weighted by Crippen LogP contribution is -2.11. The van der Waals surface area contributed by atoms with Gasteiger partial charge in [-0.1, -0.05) is 19.1 Å². The molecule has 0 aliphatic heterocycles. The maximum absolute atomic E-state index is 12.2. The second kappa shape index (κ2) is 7.36. The van der Waals surface area contributed by atoms with Crippen LogP contribution in [0.2, 0.25) is 0 Å². The molecule has 0 bridgehead atoms. The molecule has 0 radical (unpaired) electrons. The Labute approximate surface area is 144 Å². The number of H-pyrrole nitrogens is 1. The molecule has 0 saturated carbocycles. The molecule has 0 atom stereocenters. The molecule has 3 aromatic rings. The molecule has 25 heavy (non-hydrogen) atoms. The number of rotatable bonds is 6. The Balaban J connectivity index is 1.62. The van der Waals surface area contributed by atoms with Crippen LogP contribution in [0.3, 0.4) is 0 Å². The Hall–Kier alpha value is -3.53. The third kappa shape index (κ3) is 3.87. The highest BCUT2D eigenvalue weighted by atomic mass is 16.5. The zero-order valence-corrected chi connectivity index (χ0v) is 13.6. The number of carbonyl (C=O) groups is 1. The van der Waals surface area contributed by atoms with Crippen molar-refractivity contribution in [3.05, 3.63) is 65.2 Å². The van der Waals surface area contributed by atoms with Crippen molar-refractivity contribution in [1.82, 2.24) is 10.2 Å². The van der Waals surface area contributed by atoms with Crippen molar-refractivity contribution < 1.29 is 13.9 Å². The smallest absolute Gasteiger partial charge is 0.292 e. The van der Waals surface area contributed by atoms with Gasteiger partial charge in [0.2, 0.25) is 0 Å². The summed E-state index contributed by atoms with van der Waals surface area (Å²) in [7, 11) is 0. The van der Waals surface area contributed by atoms with E-state index in [2.05, 4.69) is 21.6 Å². The first kappa shape index (κ1) is 16.3. The quantitative estimate of drug-likeness (QED) is 0.719. The summed E-state index contributed by atoms with van der Waals surface area (Å²) in [5, 5.41) is 18.5. The minimum Gasteiger partial charge on any atom is -0.484 e. The van der Waals surface area contributed by atoms with Crippen molar-refractivity contribution in [3.63, 3.8) is 0 Å². The topological polar surface area (TPSA) is 104 Å². The fraction of sp³-hybridized carbons (Fsp3) is 0.167. The van der Waals surface area contributed by atoms with E-state index >= 15 is 0 Å². The predicted molar refractivity (Wildman–Crippen MR) is 90.1 cm³/mol. The number of hydrogen-bond donors (Lipinski definition) is 2. The number of nitriles is 1. The number of ether oxygens (including phenoxy) is 1. The lowest BCUT2D eigenvalue weighted by atomic mass is 10.2. The van der Waals surface area contributed by atoms with Crippen LogP contribution in [-0.4, -0.2) is 16.1 Å². The second-order valence-electron chi connectivity index (χ2n) is 5.25. The van der Waals surface area contributed by atoms with Crippen LogP contribution in [0.4, 0.5) is 5.82 Å². The second-order valence-corrected chi connectivity index (χ2v) is 5.25. The molecule has 7 heteroatoms. The van der Waals surface area contributed by atoms with Crippen molar-refractivity contribution in [1.29, 1.82) is 5.26 Å². The van der Waals surface area contributed by atoms with E-state index in [1.807, 2.05) is 6.92 Å². The van der Waals surface area contributed by atoms with Gasteiger partial charge in [0.25, 0.3) is 5.91 Å². The number of hydrogen-bond acceptors (Lipinski definition) is 5. The zero-order valence-electron chi connectivity index (χ0n) is 13.6. The molecule has 126 valence electrons. The van der Waals surface area contributed by atoms with E-state index in [0.717, 1.165) is 12.1 Å². The highest BCUT2D eigenvalue weighted by Gasteiger charge is 2.13. The van der Waals surface area contributed by atoms with Crippen LogP contribution in [0, 0.1) is 11.3 Å². The molecule has 1 amide bonds. The first-order chi connectivity index (χ1) is 12.2. The summed E-state index contributed by atoms with van der Waals surface area (Å²) < 4.78 is 11.1. The standard InChI is InChI=1S/C18H16N4O3/c1-2-13-9-17(22-21-13)20-18(23)16-8-7-14(25-16)11-24-15-6-4-3-5-12(15)10-19/h3-9H,2,11H2,1H3,(H2,20,21,22,23). The van der Waals surface area contributed by atoms with Crippen LogP contribution in [0.25, 0.3) is 0 Å². The van der Waals surface area contributed by atoms with Gasteiger partial charge in [-0.2, -0.15) is 10.4 Å². The van der Waals surface area contributed by atoms with E-state index in [-0.39, 0.29) is 12.4 Å². The summed E-state index contributed by atoms with van der Waals surface area (Å²) in [5.74, 6) is 1.16. The van der Waals surface area contributed by atoms with Crippen LogP contribution >= 0.6 is 0 Å². The number of carbonyl (C=O) groups excluding carboxylic acids is 1. The minimum absolute atomic E-state index is 0.119. The fourth-order valence-corrected chi connectivity index (χ4v) is 2.20. The molecule has 0 aliphatic carbocycles. The van der Waals surface area contributed by atoms with E-state index in [1.54, 1.807) is 42.5 Å². The van der Waals surface area contributed by atoms with Gasteiger partial charge in [-0.3, -0.25) is 9.89 Å². The maximum Gasteiger partial charge on any atom is 0.292 e. The summed E-state index contributed by atoms with van der Waals surface area (Å²) in [6.45, 7) is 2.11. The molecule has 2 heterocycles. The van der Waals surface area contributed by atoms with Crippen molar-refractivity contribution in [2.45, 2.75) is 20.0 Å². The summed E-state index contributed by atoms with van der Waals surface area (Å²) >= 11 is 0. The molecular formula is C18H16N4O3. The Bertz CT molecular complexity index is 920. The number of benzene rings is 1. The van der Waals surface area contributed by atoms with Gasteiger partial charge in [0.15, 0.2) is 11.6 Å². The van der Waals surface area contributed by atoms with E-state index < -0.39 is 5.91 Å². The third-order valence-corrected chi connectivity index (χ3v) is 3.52. The summed E-state index contributed by atoms with van der Waals surface area (Å²) in [5.41, 5.74) is 1.37. The van der Waals surface area contributed by atoms with Crippen LogP contribution in [0.15, 0.2) is 46.9 Å². The van der Waals surface area contributed by atoms with E-state index in [4.69, 9.17) is 14.4 Å². The van der Waals surface area contributed by atoms with Gasteiger partial charge in [0.05, 0.1) is 5.56 Å². The number of aromatic amines is 1. The zero-order chi connectivity index (χ0) is 17.6. The van der Waals surface area contributed by atoms with Gasteiger partial charge in [0, 0.05) is 11.8 Å². The lowest BCUT2D eigenvalue weighted by Gasteiger charge is -2.05. The van der Waals surface area contributed by atoms with Crippen LogP contribution in [0.5, 0.6) is 5.75 Å². The molecule has 3 rings (SSSR count). The predicted octanol–water partition coefficient (Wildman–Crippen LogP) is 3.27. The number of aryl methyl sites for hydroxylation is 1. The lowest BCUT2D eigenvalue weighted by molar-refractivity contribution is 0.0992. The van der Waals surface area contributed by atoms with Gasteiger partial charge in [0.1, 0.15) is 24.2 Å². The molecular weight excluding hydrogens is 320 g/mol. The molecule has 2 aromatic heterocycles. The number of nitrogens with zero attached hydrogens (tertiary/aromatic N) is 2. The SMILES string of the molecule is CCc1cc(NC(=O)c2ccc(COc3ccccc3C#N)o2)n[nH]1. The number of amides is 1. The van der Waals surface area contributed by atoms with Gasteiger partial charge < -0.3 is 14.5 Å². The van der Waals surface area contributed by atoms with Crippen LogP contribution in [-0.2, 0) is 13.0 Å². The summed E-state index contributed by atoms with van der Waals surface area (Å²) in [6.07, 6.45) is 0.801. The monoisotopic (exact) mass is 336 g/mol. The van der Waals surface area contributed by atoms with Crippen LogP contribution < -0.4 is 10.1 Å². The normalized spacial score (nSPS) is 10.2. The van der Waals surface area contributed by atoms with Crippen molar-refractivity contribution in [2.75, 3.05) is 5.32 Å². The molecule has 7 nitrogen and oxygen atoms in total. The Morgan fingerprint density at radius 1 is 1.36 bits per heavy atom. The maximum atomic E-state index is 12.2. The highest BCUT2D eigenvalue weighted by molar-refractivity contribution is 6.01. The number of nitrogens with one attached hydrogen (secondary N) is 2. The van der Waals surface area contributed by atoms with Gasteiger partial charge in [-0.05, 0) is 30.7 Å². The largest absolute Gasteiger partial charge is 0.484 e. The Morgan fingerprint density at radius 3 is 2.96 bits per heavy atom. The van der Waals surface area contributed by atoms with Crippen LogP contribution in [0.1, 0.15) is 34.5 Å². The summed E-state index contributed by atoms with van der Waals surface area (Å²) in [4.78, 5) is 12.2. The van der Waals surface area contributed by atoms with Crippen molar-refractivity contribution >= 4 is 11.7 Å². The van der Waals surface area contributed by atoms with Crippen molar-refractivity contribution in [3.8, 4) is 11.8 Å².